The summed E-state index contributed by atoms with van der Waals surface area (Å²) in [6.45, 7) is 3.44. The van der Waals surface area contributed by atoms with E-state index in [1.165, 1.54) is 7.11 Å². The Labute approximate surface area is 233 Å². The lowest BCUT2D eigenvalue weighted by atomic mass is 9.92. The van der Waals surface area contributed by atoms with Crippen LogP contribution >= 0.6 is 0 Å². The van der Waals surface area contributed by atoms with Gasteiger partial charge >= 0.3 is 0 Å². The maximum absolute atomic E-state index is 13.4. The first-order valence-corrected chi connectivity index (χ1v) is 13.6. The van der Waals surface area contributed by atoms with Crippen LogP contribution in [0, 0.1) is 23.2 Å². The molecule has 210 valence electrons. The molecule has 0 saturated carbocycles. The highest BCUT2D eigenvalue weighted by molar-refractivity contribution is 5.98. The molecule has 0 radical (unpaired) electrons. The van der Waals surface area contributed by atoms with Crippen molar-refractivity contribution in [3.8, 4) is 11.8 Å². The van der Waals surface area contributed by atoms with Gasteiger partial charge in [-0.05, 0) is 36.2 Å². The van der Waals surface area contributed by atoms with Gasteiger partial charge in [-0.15, -0.1) is 0 Å². The predicted octanol–water partition coefficient (Wildman–Crippen LogP) is 1.63. The number of nitrogens with one attached hydrogen (secondary N) is 1. The summed E-state index contributed by atoms with van der Waals surface area (Å²) in [5.41, 5.74) is 1.30. The summed E-state index contributed by atoms with van der Waals surface area (Å²) >= 11 is 0. The third-order valence-corrected chi connectivity index (χ3v) is 7.84. The molecule has 2 atom stereocenters. The van der Waals surface area contributed by atoms with Crippen LogP contribution in [-0.4, -0.2) is 92.8 Å². The van der Waals surface area contributed by atoms with Crippen molar-refractivity contribution in [2.24, 2.45) is 11.8 Å². The van der Waals surface area contributed by atoms with Gasteiger partial charge in [0.1, 0.15) is 11.4 Å². The molecule has 1 spiro atoms. The molecule has 3 fully saturated rings. The van der Waals surface area contributed by atoms with Gasteiger partial charge in [0.15, 0.2) is 0 Å². The molecule has 0 aromatic heterocycles. The van der Waals surface area contributed by atoms with Crippen molar-refractivity contribution >= 4 is 17.7 Å². The number of ether oxygens (including phenoxy) is 3. The number of likely N-dealkylation sites (tertiary alicyclic amines) is 1. The maximum atomic E-state index is 13.4. The summed E-state index contributed by atoms with van der Waals surface area (Å²) < 4.78 is 17.4. The first-order valence-electron chi connectivity index (χ1n) is 13.6. The SMILES string of the molecule is COc1ccccc1C(=O)N1CC(C(=O)N2CCOCC3(CC(CNC(=O)Cc4ccc(C#N)cc4)CO3)C2)C1. The Morgan fingerprint density at radius 2 is 1.90 bits per heavy atom. The number of carbonyl (C=O) groups excluding carboxylic acids is 3. The zero-order chi connectivity index (χ0) is 28.1. The standard InChI is InChI=1S/C30H34N4O6/c1-38-26-5-3-2-4-25(26)29(37)34-16-24(17-34)28(36)33-10-11-39-20-30(19-33)13-23(18-40-30)15-32-27(35)12-21-6-8-22(14-31)9-7-21/h2-9,23-24H,10-13,15-20H2,1H3,(H,32,35). The van der Waals surface area contributed by atoms with Crippen LogP contribution in [0.25, 0.3) is 0 Å². The lowest BCUT2D eigenvalue weighted by Gasteiger charge is -2.41. The Balaban J connectivity index is 1.11. The molecule has 3 aliphatic rings. The van der Waals surface area contributed by atoms with E-state index >= 15 is 0 Å². The highest BCUT2D eigenvalue weighted by atomic mass is 16.5. The van der Waals surface area contributed by atoms with Crippen LogP contribution in [0.1, 0.15) is 27.9 Å². The highest BCUT2D eigenvalue weighted by Crippen LogP contribution is 2.34. The normalized spacial score (nSPS) is 22.8. The number of nitriles is 1. The van der Waals surface area contributed by atoms with Crippen molar-refractivity contribution in [2.75, 3.05) is 59.7 Å². The molecule has 2 aromatic rings. The number of methoxy groups -OCH3 is 1. The lowest BCUT2D eigenvalue weighted by Crippen LogP contribution is -2.58. The van der Waals surface area contributed by atoms with Crippen molar-refractivity contribution in [2.45, 2.75) is 18.4 Å². The summed E-state index contributed by atoms with van der Waals surface area (Å²) in [6.07, 6.45) is 0.921. The molecule has 3 aliphatic heterocycles. The molecule has 5 rings (SSSR count). The fraction of sp³-hybridized carbons (Fsp3) is 0.467. The Bertz CT molecular complexity index is 1290. The fourth-order valence-corrected chi connectivity index (χ4v) is 5.63. The van der Waals surface area contributed by atoms with Gasteiger partial charge in [0.2, 0.25) is 11.8 Å². The summed E-state index contributed by atoms with van der Waals surface area (Å²) in [7, 11) is 1.53. The van der Waals surface area contributed by atoms with E-state index in [1.54, 1.807) is 47.4 Å². The number of hydrogen-bond acceptors (Lipinski definition) is 7. The van der Waals surface area contributed by atoms with Crippen molar-refractivity contribution in [1.82, 2.24) is 15.1 Å². The Hall–Kier alpha value is -3.94. The number of carbonyl (C=O) groups is 3. The number of benzene rings is 2. The third-order valence-electron chi connectivity index (χ3n) is 7.84. The molecule has 10 heteroatoms. The van der Waals surface area contributed by atoms with Crippen molar-refractivity contribution in [3.63, 3.8) is 0 Å². The van der Waals surface area contributed by atoms with Crippen LogP contribution < -0.4 is 10.1 Å². The molecule has 0 bridgehead atoms. The average molecular weight is 547 g/mol. The summed E-state index contributed by atoms with van der Waals surface area (Å²) in [4.78, 5) is 42.3. The monoisotopic (exact) mass is 546 g/mol. The second-order valence-corrected chi connectivity index (χ2v) is 10.8. The van der Waals surface area contributed by atoms with Crippen molar-refractivity contribution < 1.29 is 28.6 Å². The van der Waals surface area contributed by atoms with Crippen molar-refractivity contribution in [3.05, 3.63) is 65.2 Å². The molecule has 3 heterocycles. The molecule has 40 heavy (non-hydrogen) atoms. The second kappa shape index (κ2) is 12.1. The Morgan fingerprint density at radius 1 is 1.12 bits per heavy atom. The van der Waals surface area contributed by atoms with Crippen LogP contribution in [0.5, 0.6) is 5.75 Å². The highest BCUT2D eigenvalue weighted by Gasteiger charge is 2.46. The van der Waals surface area contributed by atoms with E-state index in [1.807, 2.05) is 11.0 Å². The van der Waals surface area contributed by atoms with Gasteiger partial charge in [-0.3, -0.25) is 14.4 Å². The zero-order valence-electron chi connectivity index (χ0n) is 22.6. The number of para-hydroxylation sites is 1. The van der Waals surface area contributed by atoms with Gasteiger partial charge < -0.3 is 29.3 Å². The molecular formula is C30H34N4O6. The maximum Gasteiger partial charge on any atom is 0.257 e. The Kier molecular flexibility index (Phi) is 8.33. The molecule has 3 saturated heterocycles. The molecule has 2 aromatic carbocycles. The van der Waals surface area contributed by atoms with E-state index < -0.39 is 5.60 Å². The average Bonchev–Trinajstić information content (AvgIpc) is 3.23. The van der Waals surface area contributed by atoms with E-state index in [9.17, 15) is 14.4 Å². The molecule has 2 unspecified atom stereocenters. The van der Waals surface area contributed by atoms with Gasteiger partial charge in [-0.2, -0.15) is 5.26 Å². The second-order valence-electron chi connectivity index (χ2n) is 10.8. The summed E-state index contributed by atoms with van der Waals surface area (Å²) in [5.74, 6) is 0.162. The minimum absolute atomic E-state index is 0.0109. The molecule has 3 amide bonds. The summed E-state index contributed by atoms with van der Waals surface area (Å²) in [5, 5.41) is 11.9. The van der Waals surface area contributed by atoms with Gasteiger partial charge in [0.05, 0.1) is 63.0 Å². The topological polar surface area (TPSA) is 121 Å². The van der Waals surface area contributed by atoms with Gasteiger partial charge in [0, 0.05) is 32.1 Å². The van der Waals surface area contributed by atoms with Crippen molar-refractivity contribution in [1.29, 1.82) is 5.26 Å². The number of rotatable bonds is 7. The fourth-order valence-electron chi connectivity index (χ4n) is 5.63. The van der Waals surface area contributed by atoms with Gasteiger partial charge in [-0.25, -0.2) is 0 Å². The zero-order valence-corrected chi connectivity index (χ0v) is 22.6. The number of hydrogen-bond donors (Lipinski definition) is 1. The van der Waals surface area contributed by atoms with Gasteiger partial charge in [0.25, 0.3) is 5.91 Å². The molecule has 10 nitrogen and oxygen atoms in total. The van der Waals surface area contributed by atoms with Gasteiger partial charge in [-0.1, -0.05) is 24.3 Å². The van der Waals surface area contributed by atoms with E-state index in [-0.39, 0.29) is 36.0 Å². The van der Waals surface area contributed by atoms with E-state index in [0.717, 1.165) is 5.56 Å². The van der Waals surface area contributed by atoms with E-state index in [4.69, 9.17) is 19.5 Å². The lowest BCUT2D eigenvalue weighted by molar-refractivity contribution is -0.143. The third kappa shape index (κ3) is 6.11. The van der Waals surface area contributed by atoms with Crippen LogP contribution in [0.3, 0.4) is 0 Å². The smallest absolute Gasteiger partial charge is 0.257 e. The van der Waals surface area contributed by atoms with Crippen LogP contribution in [0.2, 0.25) is 0 Å². The number of amides is 3. The minimum Gasteiger partial charge on any atom is -0.496 e. The molecular weight excluding hydrogens is 512 g/mol. The molecule has 1 N–H and O–H groups in total. The first kappa shape index (κ1) is 27.6. The van der Waals surface area contributed by atoms with E-state index in [2.05, 4.69) is 11.4 Å². The molecule has 0 aliphatic carbocycles. The Morgan fingerprint density at radius 3 is 2.65 bits per heavy atom. The van der Waals surface area contributed by atoms with Crippen LogP contribution in [0.15, 0.2) is 48.5 Å². The quantitative estimate of drug-likeness (QED) is 0.560. The predicted molar refractivity (Wildman–Crippen MR) is 144 cm³/mol. The number of nitrogens with zero attached hydrogens (tertiary/aromatic N) is 3. The minimum atomic E-state index is -0.606. The summed E-state index contributed by atoms with van der Waals surface area (Å²) in [6, 6.07) is 16.2. The van der Waals surface area contributed by atoms with Crippen LogP contribution in [-0.2, 0) is 25.5 Å². The largest absolute Gasteiger partial charge is 0.496 e. The van der Waals surface area contributed by atoms with Crippen LogP contribution in [0.4, 0.5) is 0 Å². The van der Waals surface area contributed by atoms with E-state index in [0.29, 0.717) is 75.8 Å². The first-order chi connectivity index (χ1) is 19.4.